The summed E-state index contributed by atoms with van der Waals surface area (Å²) in [5.41, 5.74) is 3.53. The molecule has 144 valence electrons. The third kappa shape index (κ3) is 2.90. The standard InChI is InChI=1S/C21H20ClN3O3/c1-12-16(22)7-5-8-17(12)25-21-15(11-23-25)14(10-19(26)24-21)13-6-4-9-18(27-2)20(13)28-3/h4-9,11,14H,10H2,1-3H3,(H,24,26). The van der Waals surface area contributed by atoms with E-state index in [-0.39, 0.29) is 11.8 Å². The van der Waals surface area contributed by atoms with Crippen molar-refractivity contribution in [2.24, 2.45) is 0 Å². The highest BCUT2D eigenvalue weighted by molar-refractivity contribution is 6.31. The van der Waals surface area contributed by atoms with E-state index in [1.807, 2.05) is 43.3 Å². The lowest BCUT2D eigenvalue weighted by Crippen LogP contribution is -2.25. The Balaban J connectivity index is 1.88. The molecule has 0 saturated carbocycles. The van der Waals surface area contributed by atoms with Gasteiger partial charge in [-0.2, -0.15) is 5.10 Å². The fraction of sp³-hybridized carbons (Fsp3) is 0.238. The zero-order chi connectivity index (χ0) is 19.8. The summed E-state index contributed by atoms with van der Waals surface area (Å²) in [6, 6.07) is 11.3. The van der Waals surface area contributed by atoms with E-state index in [1.165, 1.54) is 0 Å². The number of methoxy groups -OCH3 is 2. The molecule has 1 N–H and O–H groups in total. The Labute approximate surface area is 168 Å². The molecule has 2 heterocycles. The molecule has 1 unspecified atom stereocenters. The van der Waals surface area contributed by atoms with Crippen LogP contribution < -0.4 is 14.8 Å². The fourth-order valence-electron chi connectivity index (χ4n) is 3.69. The predicted octanol–water partition coefficient (Wildman–Crippen LogP) is 4.33. The molecule has 1 aliphatic heterocycles. The maximum absolute atomic E-state index is 12.5. The van der Waals surface area contributed by atoms with Crippen LogP contribution in [0.2, 0.25) is 5.02 Å². The molecule has 6 nitrogen and oxygen atoms in total. The largest absolute Gasteiger partial charge is 0.493 e. The topological polar surface area (TPSA) is 65.4 Å². The molecule has 0 radical (unpaired) electrons. The number of amides is 1. The molecular formula is C21H20ClN3O3. The minimum atomic E-state index is -0.193. The van der Waals surface area contributed by atoms with E-state index in [4.69, 9.17) is 21.1 Å². The van der Waals surface area contributed by atoms with Crippen LogP contribution in [0.3, 0.4) is 0 Å². The molecule has 0 aliphatic carbocycles. The van der Waals surface area contributed by atoms with Gasteiger partial charge >= 0.3 is 0 Å². The van der Waals surface area contributed by atoms with Crippen LogP contribution in [0, 0.1) is 6.92 Å². The maximum atomic E-state index is 12.5. The van der Waals surface area contributed by atoms with Crippen molar-refractivity contribution in [3.63, 3.8) is 0 Å². The van der Waals surface area contributed by atoms with E-state index in [9.17, 15) is 4.79 Å². The second-order valence-electron chi connectivity index (χ2n) is 6.63. The number of nitrogens with zero attached hydrogens (tertiary/aromatic N) is 2. The number of nitrogens with one attached hydrogen (secondary N) is 1. The molecule has 2 aromatic carbocycles. The molecule has 1 atom stereocenters. The summed E-state index contributed by atoms with van der Waals surface area (Å²) in [4.78, 5) is 12.5. The average Bonchev–Trinajstić information content (AvgIpc) is 3.12. The van der Waals surface area contributed by atoms with Crippen molar-refractivity contribution in [1.82, 2.24) is 9.78 Å². The molecule has 0 spiro atoms. The minimum absolute atomic E-state index is 0.0798. The molecular weight excluding hydrogens is 378 g/mol. The van der Waals surface area contributed by atoms with Crippen molar-refractivity contribution in [3.05, 3.63) is 64.3 Å². The summed E-state index contributed by atoms with van der Waals surface area (Å²) in [6.07, 6.45) is 2.09. The minimum Gasteiger partial charge on any atom is -0.493 e. The van der Waals surface area contributed by atoms with Crippen LogP contribution in [-0.4, -0.2) is 29.9 Å². The van der Waals surface area contributed by atoms with Gasteiger partial charge in [-0.15, -0.1) is 0 Å². The quantitative estimate of drug-likeness (QED) is 0.711. The van der Waals surface area contributed by atoms with E-state index in [0.29, 0.717) is 28.8 Å². The number of para-hydroxylation sites is 1. The summed E-state index contributed by atoms with van der Waals surface area (Å²) in [5, 5.41) is 8.16. The predicted molar refractivity (Wildman–Crippen MR) is 108 cm³/mol. The van der Waals surface area contributed by atoms with Gasteiger partial charge in [0.15, 0.2) is 11.5 Å². The molecule has 3 aromatic rings. The van der Waals surface area contributed by atoms with Gasteiger partial charge in [-0.3, -0.25) is 4.79 Å². The summed E-state index contributed by atoms with van der Waals surface area (Å²) in [6.45, 7) is 1.93. The molecule has 1 aliphatic rings. The van der Waals surface area contributed by atoms with Gasteiger partial charge in [0.1, 0.15) is 5.82 Å². The summed E-state index contributed by atoms with van der Waals surface area (Å²) >= 11 is 6.28. The number of halogens is 1. The van der Waals surface area contributed by atoms with E-state index < -0.39 is 0 Å². The van der Waals surface area contributed by atoms with E-state index in [0.717, 1.165) is 22.4 Å². The van der Waals surface area contributed by atoms with Gasteiger partial charge in [-0.05, 0) is 30.7 Å². The SMILES string of the molecule is COc1cccc(C2CC(=O)Nc3c2cnn3-c2cccc(Cl)c2C)c1OC. The fourth-order valence-corrected chi connectivity index (χ4v) is 3.86. The second kappa shape index (κ2) is 7.20. The number of rotatable bonds is 4. The van der Waals surface area contributed by atoms with Crippen LogP contribution in [0.4, 0.5) is 5.82 Å². The number of benzene rings is 2. The Kier molecular flexibility index (Phi) is 4.73. The second-order valence-corrected chi connectivity index (χ2v) is 7.04. The smallest absolute Gasteiger partial charge is 0.226 e. The number of aromatic nitrogens is 2. The Morgan fingerprint density at radius 3 is 2.68 bits per heavy atom. The highest BCUT2D eigenvalue weighted by Crippen LogP contribution is 2.44. The molecule has 28 heavy (non-hydrogen) atoms. The summed E-state index contributed by atoms with van der Waals surface area (Å²) in [5.74, 6) is 1.63. The monoisotopic (exact) mass is 397 g/mol. The lowest BCUT2D eigenvalue weighted by molar-refractivity contribution is -0.116. The van der Waals surface area contributed by atoms with Crippen molar-refractivity contribution in [1.29, 1.82) is 0 Å². The lowest BCUT2D eigenvalue weighted by Gasteiger charge is -2.26. The van der Waals surface area contributed by atoms with Gasteiger partial charge < -0.3 is 14.8 Å². The average molecular weight is 398 g/mol. The van der Waals surface area contributed by atoms with Crippen LogP contribution in [0.15, 0.2) is 42.6 Å². The van der Waals surface area contributed by atoms with Gasteiger partial charge in [0.25, 0.3) is 0 Å². The zero-order valence-corrected chi connectivity index (χ0v) is 16.6. The van der Waals surface area contributed by atoms with Crippen LogP contribution in [0.5, 0.6) is 11.5 Å². The van der Waals surface area contributed by atoms with Gasteiger partial charge in [-0.25, -0.2) is 4.68 Å². The van der Waals surface area contributed by atoms with Crippen LogP contribution >= 0.6 is 11.6 Å². The molecule has 4 rings (SSSR count). The third-order valence-corrected chi connectivity index (χ3v) is 5.51. The Morgan fingerprint density at radius 1 is 1.14 bits per heavy atom. The first-order valence-corrected chi connectivity index (χ1v) is 9.27. The van der Waals surface area contributed by atoms with Gasteiger partial charge in [0.2, 0.25) is 5.91 Å². The number of fused-ring (bicyclic) bond motifs is 1. The van der Waals surface area contributed by atoms with Crippen LogP contribution in [0.1, 0.15) is 29.0 Å². The third-order valence-electron chi connectivity index (χ3n) is 5.10. The van der Waals surface area contributed by atoms with Crippen molar-refractivity contribution in [2.45, 2.75) is 19.3 Å². The highest BCUT2D eigenvalue weighted by Gasteiger charge is 2.33. The lowest BCUT2D eigenvalue weighted by atomic mass is 9.86. The number of hydrogen-bond donors (Lipinski definition) is 1. The number of anilines is 1. The summed E-state index contributed by atoms with van der Waals surface area (Å²) in [7, 11) is 3.20. The highest BCUT2D eigenvalue weighted by atomic mass is 35.5. The molecule has 1 amide bonds. The number of ether oxygens (including phenoxy) is 2. The molecule has 7 heteroatoms. The van der Waals surface area contributed by atoms with Crippen LogP contribution in [0.25, 0.3) is 5.69 Å². The van der Waals surface area contributed by atoms with E-state index >= 15 is 0 Å². The Morgan fingerprint density at radius 2 is 1.93 bits per heavy atom. The molecule has 1 aromatic heterocycles. The first kappa shape index (κ1) is 18.4. The van der Waals surface area contributed by atoms with E-state index in [2.05, 4.69) is 10.4 Å². The van der Waals surface area contributed by atoms with E-state index in [1.54, 1.807) is 25.1 Å². The van der Waals surface area contributed by atoms with Gasteiger partial charge in [-0.1, -0.05) is 29.8 Å². The van der Waals surface area contributed by atoms with Gasteiger partial charge in [0, 0.05) is 28.5 Å². The Bertz CT molecular complexity index is 1060. The molecule has 0 saturated heterocycles. The van der Waals surface area contributed by atoms with Crippen molar-refractivity contribution in [3.8, 4) is 17.2 Å². The normalized spacial score (nSPS) is 15.7. The zero-order valence-electron chi connectivity index (χ0n) is 15.8. The van der Waals surface area contributed by atoms with Crippen molar-refractivity contribution in [2.75, 3.05) is 19.5 Å². The van der Waals surface area contributed by atoms with Crippen LogP contribution in [-0.2, 0) is 4.79 Å². The number of carbonyl (C=O) groups excluding carboxylic acids is 1. The number of hydrogen-bond acceptors (Lipinski definition) is 4. The van der Waals surface area contributed by atoms with Crippen molar-refractivity contribution < 1.29 is 14.3 Å². The number of carbonyl (C=O) groups is 1. The first-order valence-electron chi connectivity index (χ1n) is 8.89. The summed E-state index contributed by atoms with van der Waals surface area (Å²) < 4.78 is 12.8. The Hall–Kier alpha value is -2.99. The van der Waals surface area contributed by atoms with Gasteiger partial charge in [0.05, 0.1) is 26.1 Å². The molecule has 0 bridgehead atoms. The maximum Gasteiger partial charge on any atom is 0.226 e. The van der Waals surface area contributed by atoms with Crippen molar-refractivity contribution >= 4 is 23.3 Å². The molecule has 0 fully saturated rings. The first-order chi connectivity index (χ1) is 13.5.